The van der Waals surface area contributed by atoms with Crippen molar-refractivity contribution in [2.24, 2.45) is 0 Å². The maximum absolute atomic E-state index is 6.76. The van der Waals surface area contributed by atoms with E-state index in [4.69, 9.17) is 8.83 Å². The number of hydrogen-bond donors (Lipinski definition) is 0. The molecule has 0 aliphatic heterocycles. The first-order chi connectivity index (χ1) is 36.2. The summed E-state index contributed by atoms with van der Waals surface area (Å²) in [5.41, 5.74) is 14.4. The van der Waals surface area contributed by atoms with E-state index >= 15 is 0 Å². The highest BCUT2D eigenvalue weighted by molar-refractivity contribution is 7.27. The van der Waals surface area contributed by atoms with Crippen LogP contribution in [0.25, 0.3) is 108 Å². The summed E-state index contributed by atoms with van der Waals surface area (Å²) in [6, 6.07) is 91.4. The molecule has 73 heavy (non-hydrogen) atoms. The van der Waals surface area contributed by atoms with E-state index in [-0.39, 0.29) is 0 Å². The topological polar surface area (TPSA) is 32.8 Å². The van der Waals surface area contributed by atoms with E-state index in [1.807, 2.05) is 29.5 Å². The Morgan fingerprint density at radius 1 is 0.288 bits per heavy atom. The highest BCUT2D eigenvalue weighted by Crippen LogP contribution is 2.50. The largest absolute Gasteiger partial charge is 0.454 e. The number of benzene rings is 12. The smallest absolute Gasteiger partial charge is 0.159 e. The molecule has 0 saturated carbocycles. The summed E-state index contributed by atoms with van der Waals surface area (Å²) < 4.78 is 15.8. The lowest BCUT2D eigenvalue weighted by atomic mass is 9.94. The molecule has 0 N–H and O–H groups in total. The number of para-hydroxylation sites is 6. The van der Waals surface area contributed by atoms with Crippen molar-refractivity contribution in [1.29, 1.82) is 0 Å². The lowest BCUT2D eigenvalue weighted by molar-refractivity contribution is 0.668. The van der Waals surface area contributed by atoms with Crippen molar-refractivity contribution in [3.05, 3.63) is 255 Å². The van der Waals surface area contributed by atoms with Gasteiger partial charge in [-0.05, 0) is 106 Å². The zero-order valence-electron chi connectivity index (χ0n) is 39.4. The van der Waals surface area contributed by atoms with Gasteiger partial charge in [0.1, 0.15) is 11.2 Å². The first kappa shape index (κ1) is 41.4. The minimum absolute atomic E-state index is 0.860. The molecule has 15 rings (SSSR count). The number of anilines is 6. The monoisotopic (exact) mass is 950 g/mol. The fraction of sp³-hybridized carbons (Fsp3) is 0. The second kappa shape index (κ2) is 16.6. The summed E-state index contributed by atoms with van der Waals surface area (Å²) in [7, 11) is 0. The van der Waals surface area contributed by atoms with Crippen LogP contribution < -0.4 is 9.80 Å². The van der Waals surface area contributed by atoms with Gasteiger partial charge < -0.3 is 18.6 Å². The molecule has 3 aromatic heterocycles. The second-order valence-corrected chi connectivity index (χ2v) is 19.8. The number of fused-ring (bicyclic) bond motifs is 14. The molecule has 342 valence electrons. The van der Waals surface area contributed by atoms with Gasteiger partial charge in [0.05, 0.1) is 17.1 Å². The summed E-state index contributed by atoms with van der Waals surface area (Å²) in [5, 5.41) is 12.0. The van der Waals surface area contributed by atoms with Crippen molar-refractivity contribution in [2.45, 2.75) is 0 Å². The molecule has 0 aliphatic carbocycles. The van der Waals surface area contributed by atoms with E-state index in [9.17, 15) is 0 Å². The van der Waals surface area contributed by atoms with Crippen molar-refractivity contribution in [3.8, 4) is 22.3 Å². The van der Waals surface area contributed by atoms with E-state index in [2.05, 4.69) is 246 Å². The van der Waals surface area contributed by atoms with Gasteiger partial charge in [0, 0.05) is 69.7 Å². The molecule has 12 aromatic carbocycles. The summed E-state index contributed by atoms with van der Waals surface area (Å²) in [6.07, 6.45) is 0. The van der Waals surface area contributed by atoms with E-state index in [1.54, 1.807) is 0 Å². The van der Waals surface area contributed by atoms with Gasteiger partial charge in [-0.3, -0.25) is 0 Å². The normalized spacial score (nSPS) is 11.8. The molecule has 5 heteroatoms. The Bertz CT molecular complexity index is 4630. The Balaban J connectivity index is 0.870. The fourth-order valence-electron chi connectivity index (χ4n) is 11.3. The zero-order chi connectivity index (χ0) is 48.0. The summed E-state index contributed by atoms with van der Waals surface area (Å²) in [4.78, 5) is 4.69. The van der Waals surface area contributed by atoms with Crippen LogP contribution in [-0.4, -0.2) is 0 Å². The van der Waals surface area contributed by atoms with Crippen molar-refractivity contribution in [1.82, 2.24) is 0 Å². The van der Waals surface area contributed by atoms with Crippen molar-refractivity contribution in [3.63, 3.8) is 0 Å². The summed E-state index contributed by atoms with van der Waals surface area (Å²) in [6.45, 7) is 0. The van der Waals surface area contributed by atoms with E-state index in [0.29, 0.717) is 0 Å². The third-order valence-corrected chi connectivity index (χ3v) is 15.8. The molecule has 0 fully saturated rings. The molecule has 0 atom stereocenters. The number of thiophene rings is 1. The molecule has 0 radical (unpaired) electrons. The maximum Gasteiger partial charge on any atom is 0.159 e. The fourth-order valence-corrected chi connectivity index (χ4v) is 12.6. The molecule has 4 nitrogen and oxygen atoms in total. The minimum Gasteiger partial charge on any atom is -0.454 e. The van der Waals surface area contributed by atoms with Crippen LogP contribution in [0.5, 0.6) is 0 Å². The third-order valence-electron chi connectivity index (χ3n) is 14.6. The number of nitrogens with zero attached hydrogens (tertiary/aromatic N) is 2. The van der Waals surface area contributed by atoms with Gasteiger partial charge in [0.2, 0.25) is 0 Å². The molecular formula is C68H42N2O2S. The van der Waals surface area contributed by atoms with Gasteiger partial charge in [-0.2, -0.15) is 0 Å². The van der Waals surface area contributed by atoms with Gasteiger partial charge >= 0.3 is 0 Å². The molecule has 0 spiro atoms. The Morgan fingerprint density at radius 2 is 0.808 bits per heavy atom. The zero-order valence-corrected chi connectivity index (χ0v) is 40.2. The average Bonchev–Trinajstić information content (AvgIpc) is 4.18. The van der Waals surface area contributed by atoms with Gasteiger partial charge in [-0.15, -0.1) is 11.3 Å². The predicted octanol–water partition coefficient (Wildman–Crippen LogP) is 20.4. The van der Waals surface area contributed by atoms with Gasteiger partial charge in [-0.25, -0.2) is 0 Å². The Morgan fingerprint density at radius 3 is 1.52 bits per heavy atom. The molecule has 0 aliphatic rings. The van der Waals surface area contributed by atoms with Crippen LogP contribution in [0.4, 0.5) is 34.1 Å². The molecule has 0 bridgehead atoms. The third kappa shape index (κ3) is 6.60. The van der Waals surface area contributed by atoms with Crippen LogP contribution in [0.3, 0.4) is 0 Å². The lowest BCUT2D eigenvalue weighted by Crippen LogP contribution is -2.11. The molecule has 0 unspecified atom stereocenters. The highest BCUT2D eigenvalue weighted by Gasteiger charge is 2.24. The van der Waals surface area contributed by atoms with E-state index in [0.717, 1.165) is 94.7 Å². The van der Waals surface area contributed by atoms with Crippen molar-refractivity contribution in [2.75, 3.05) is 9.80 Å². The predicted molar refractivity (Wildman–Crippen MR) is 309 cm³/mol. The van der Waals surface area contributed by atoms with Crippen LogP contribution in [0.1, 0.15) is 0 Å². The molecule has 15 aromatic rings. The Kier molecular flexibility index (Phi) is 9.41. The van der Waals surface area contributed by atoms with Crippen LogP contribution in [-0.2, 0) is 0 Å². The molecule has 0 saturated heterocycles. The lowest BCUT2D eigenvalue weighted by Gasteiger charge is -2.28. The van der Waals surface area contributed by atoms with Crippen molar-refractivity contribution < 1.29 is 8.83 Å². The first-order valence-electron chi connectivity index (χ1n) is 24.7. The molecule has 0 amide bonds. The number of rotatable bonds is 8. The summed E-state index contributed by atoms with van der Waals surface area (Å²) >= 11 is 1.88. The number of hydrogen-bond acceptors (Lipinski definition) is 5. The van der Waals surface area contributed by atoms with Crippen LogP contribution in [0.2, 0.25) is 0 Å². The molecular weight excluding hydrogens is 909 g/mol. The maximum atomic E-state index is 6.76. The van der Waals surface area contributed by atoms with E-state index in [1.165, 1.54) is 47.3 Å². The van der Waals surface area contributed by atoms with Gasteiger partial charge in [0.15, 0.2) is 11.2 Å². The minimum atomic E-state index is 0.860. The second-order valence-electron chi connectivity index (χ2n) is 18.7. The van der Waals surface area contributed by atoms with Gasteiger partial charge in [-0.1, -0.05) is 182 Å². The highest BCUT2D eigenvalue weighted by atomic mass is 32.1. The molecule has 3 heterocycles. The van der Waals surface area contributed by atoms with Crippen LogP contribution in [0.15, 0.2) is 264 Å². The van der Waals surface area contributed by atoms with Crippen LogP contribution >= 0.6 is 11.3 Å². The number of furan rings is 2. The SMILES string of the molecule is c1ccc(-c2ccccc2N(c2ccc3c(c2)sc2c4ccc(-c5ccc(N(c6ccccc6)c6cccc7c6oc6ccccc67)cc5)cc4c4ccccc4c32)c2cccc3c2oc2ccccc23)cc1. The van der Waals surface area contributed by atoms with Crippen molar-refractivity contribution >= 4 is 131 Å². The van der Waals surface area contributed by atoms with E-state index < -0.39 is 0 Å². The Hall–Kier alpha value is -9.42. The average molecular weight is 951 g/mol. The standard InChI is InChI=1S/C68H42N2O2S/c1-3-17-44(18-4-1)49-21-9-12-28-59(49)70(61-30-16-27-55-52-24-11-14-32-63(52)72-67(55)61)48-38-40-57-64(42-48)73-68-56-39-35-45(41-58(56)50-22-7-8-25-53(50)65(57)68)43-33-36-47(37-34-43)69(46-19-5-2-6-20-46)60-29-15-26-54-51-23-10-13-31-62(51)71-66(54)60/h1-42H. The van der Waals surface area contributed by atoms with Gasteiger partial charge in [0.25, 0.3) is 0 Å². The summed E-state index contributed by atoms with van der Waals surface area (Å²) in [5.74, 6) is 0. The first-order valence-corrected chi connectivity index (χ1v) is 25.5. The quantitative estimate of drug-likeness (QED) is 0.142. The Labute approximate surface area is 424 Å². The van der Waals surface area contributed by atoms with Crippen LogP contribution in [0, 0.1) is 0 Å².